The van der Waals surface area contributed by atoms with Crippen LogP contribution in [0, 0.1) is 5.92 Å². The van der Waals surface area contributed by atoms with Gasteiger partial charge in [0.1, 0.15) is 0 Å². The number of likely N-dealkylation sites (tertiary alicyclic amines) is 1. The maximum Gasteiger partial charge on any atom is 0.193 e. The summed E-state index contributed by atoms with van der Waals surface area (Å²) in [7, 11) is 2.13. The molecule has 1 saturated heterocycles. The summed E-state index contributed by atoms with van der Waals surface area (Å²) in [4.78, 5) is 9.66. The van der Waals surface area contributed by atoms with Gasteiger partial charge in [0.2, 0.25) is 0 Å². The lowest BCUT2D eigenvalue weighted by atomic mass is 10.1. The van der Waals surface area contributed by atoms with Crippen LogP contribution in [0.15, 0.2) is 17.6 Å². The second-order valence-corrected chi connectivity index (χ2v) is 6.00. The highest BCUT2D eigenvalue weighted by molar-refractivity contribution is 14.0. The van der Waals surface area contributed by atoms with Crippen LogP contribution in [-0.2, 0) is 0 Å². The van der Waals surface area contributed by atoms with E-state index in [1.54, 1.807) is 0 Å². The van der Waals surface area contributed by atoms with E-state index in [-0.39, 0.29) is 24.0 Å². The number of rotatable bonds is 9. The fourth-order valence-electron chi connectivity index (χ4n) is 2.85. The van der Waals surface area contributed by atoms with Gasteiger partial charge in [-0.1, -0.05) is 13.0 Å². The van der Waals surface area contributed by atoms with E-state index in [9.17, 15) is 0 Å². The van der Waals surface area contributed by atoms with E-state index < -0.39 is 0 Å². The van der Waals surface area contributed by atoms with Crippen LogP contribution in [0.5, 0.6) is 0 Å². The molecule has 0 saturated carbocycles. The number of guanidine groups is 1. The standard InChI is InChI=1S/C17H34N4.HI/c1-5-8-9-12-20(4)17(18-7-3)19-14-16-10-13-21(15-16)11-6-2;/h5,16H,1,6-15H2,2-4H3,(H,18,19);1H. The molecule has 0 bridgehead atoms. The van der Waals surface area contributed by atoms with Gasteiger partial charge in [0.25, 0.3) is 0 Å². The molecular weight excluding hydrogens is 387 g/mol. The van der Waals surface area contributed by atoms with Crippen LogP contribution in [0.2, 0.25) is 0 Å². The lowest BCUT2D eigenvalue weighted by molar-refractivity contribution is 0.326. The van der Waals surface area contributed by atoms with Crippen molar-refractivity contribution in [3.8, 4) is 0 Å². The van der Waals surface area contributed by atoms with Gasteiger partial charge in [0.15, 0.2) is 5.96 Å². The molecule has 1 unspecified atom stereocenters. The van der Waals surface area contributed by atoms with Crippen molar-refractivity contribution in [3.63, 3.8) is 0 Å². The maximum absolute atomic E-state index is 4.85. The molecule has 1 aliphatic heterocycles. The van der Waals surface area contributed by atoms with Crippen LogP contribution in [0.25, 0.3) is 0 Å². The van der Waals surface area contributed by atoms with E-state index in [1.807, 2.05) is 6.08 Å². The molecule has 1 rings (SSSR count). The molecule has 5 heteroatoms. The summed E-state index contributed by atoms with van der Waals surface area (Å²) in [5.41, 5.74) is 0. The first-order valence-corrected chi connectivity index (χ1v) is 8.53. The molecule has 0 radical (unpaired) electrons. The molecule has 0 aromatic heterocycles. The Balaban J connectivity index is 0.00000441. The summed E-state index contributed by atoms with van der Waals surface area (Å²) in [5.74, 6) is 1.78. The van der Waals surface area contributed by atoms with Gasteiger partial charge in [-0.25, -0.2) is 0 Å². The van der Waals surface area contributed by atoms with Crippen LogP contribution in [0.4, 0.5) is 0 Å². The fourth-order valence-corrected chi connectivity index (χ4v) is 2.85. The highest BCUT2D eigenvalue weighted by Gasteiger charge is 2.21. The lowest BCUT2D eigenvalue weighted by Crippen LogP contribution is -2.39. The van der Waals surface area contributed by atoms with Crippen molar-refractivity contribution < 1.29 is 0 Å². The number of nitrogens with one attached hydrogen (secondary N) is 1. The number of nitrogens with zero attached hydrogens (tertiary/aromatic N) is 3. The normalized spacial score (nSPS) is 18.9. The zero-order chi connectivity index (χ0) is 15.5. The van der Waals surface area contributed by atoms with E-state index in [0.717, 1.165) is 44.4 Å². The summed E-state index contributed by atoms with van der Waals surface area (Å²) >= 11 is 0. The second kappa shape index (κ2) is 13.2. The average molecular weight is 422 g/mol. The van der Waals surface area contributed by atoms with Crippen molar-refractivity contribution in [2.75, 3.05) is 46.3 Å². The predicted octanol–water partition coefficient (Wildman–Crippen LogP) is 3.20. The third kappa shape index (κ3) is 8.36. The summed E-state index contributed by atoms with van der Waals surface area (Å²) in [6.07, 6.45) is 6.74. The lowest BCUT2D eigenvalue weighted by Gasteiger charge is -2.22. The van der Waals surface area contributed by atoms with Gasteiger partial charge in [0.05, 0.1) is 0 Å². The Hall–Kier alpha value is -0.300. The van der Waals surface area contributed by atoms with E-state index in [0.29, 0.717) is 0 Å². The highest BCUT2D eigenvalue weighted by atomic mass is 127. The zero-order valence-electron chi connectivity index (χ0n) is 14.7. The van der Waals surface area contributed by atoms with Gasteiger partial charge >= 0.3 is 0 Å². The van der Waals surface area contributed by atoms with Gasteiger partial charge in [-0.2, -0.15) is 0 Å². The number of unbranched alkanes of at least 4 members (excludes halogenated alkanes) is 1. The smallest absolute Gasteiger partial charge is 0.193 e. The van der Waals surface area contributed by atoms with Crippen LogP contribution in [-0.4, -0.2) is 62.1 Å². The number of halogens is 1. The first-order valence-electron chi connectivity index (χ1n) is 8.53. The number of aliphatic imine (C=N–C) groups is 1. The Morgan fingerprint density at radius 1 is 1.45 bits per heavy atom. The summed E-state index contributed by atoms with van der Waals surface area (Å²) in [6.45, 7) is 14.8. The maximum atomic E-state index is 4.85. The number of hydrogen-bond donors (Lipinski definition) is 1. The monoisotopic (exact) mass is 422 g/mol. The molecule has 4 nitrogen and oxygen atoms in total. The van der Waals surface area contributed by atoms with Crippen molar-refractivity contribution >= 4 is 29.9 Å². The number of hydrogen-bond acceptors (Lipinski definition) is 2. The van der Waals surface area contributed by atoms with Crippen LogP contribution >= 0.6 is 24.0 Å². The zero-order valence-corrected chi connectivity index (χ0v) is 17.0. The van der Waals surface area contributed by atoms with Crippen molar-refractivity contribution in [3.05, 3.63) is 12.7 Å². The Morgan fingerprint density at radius 3 is 2.86 bits per heavy atom. The minimum atomic E-state index is 0. The van der Waals surface area contributed by atoms with Crippen LogP contribution in [0.1, 0.15) is 39.5 Å². The first kappa shape index (κ1) is 21.7. The summed E-state index contributed by atoms with van der Waals surface area (Å²) in [6, 6.07) is 0. The van der Waals surface area contributed by atoms with E-state index >= 15 is 0 Å². The first-order chi connectivity index (χ1) is 10.2. The van der Waals surface area contributed by atoms with Gasteiger partial charge in [0, 0.05) is 33.2 Å². The number of allylic oxidation sites excluding steroid dienone is 1. The van der Waals surface area contributed by atoms with Crippen LogP contribution < -0.4 is 5.32 Å². The van der Waals surface area contributed by atoms with Crippen molar-refractivity contribution in [2.45, 2.75) is 39.5 Å². The minimum absolute atomic E-state index is 0. The topological polar surface area (TPSA) is 30.9 Å². The molecule has 1 fully saturated rings. The van der Waals surface area contributed by atoms with Gasteiger partial charge in [-0.3, -0.25) is 4.99 Å². The largest absolute Gasteiger partial charge is 0.357 e. The van der Waals surface area contributed by atoms with Crippen LogP contribution in [0.3, 0.4) is 0 Å². The molecule has 22 heavy (non-hydrogen) atoms. The molecule has 130 valence electrons. The molecular formula is C17H35IN4. The molecule has 0 amide bonds. The quantitative estimate of drug-likeness (QED) is 0.204. The average Bonchev–Trinajstić information content (AvgIpc) is 2.91. The highest BCUT2D eigenvalue weighted by Crippen LogP contribution is 2.16. The third-order valence-corrected chi connectivity index (χ3v) is 4.01. The van der Waals surface area contributed by atoms with Gasteiger partial charge in [-0.15, -0.1) is 30.6 Å². The van der Waals surface area contributed by atoms with E-state index in [4.69, 9.17) is 4.99 Å². The van der Waals surface area contributed by atoms with E-state index in [1.165, 1.54) is 32.5 Å². The fraction of sp³-hybridized carbons (Fsp3) is 0.824. The Bertz CT molecular complexity index is 320. The molecule has 1 heterocycles. The Kier molecular flexibility index (Phi) is 13.0. The Morgan fingerprint density at radius 2 is 2.23 bits per heavy atom. The molecule has 0 aromatic carbocycles. The van der Waals surface area contributed by atoms with Crippen molar-refractivity contribution in [2.24, 2.45) is 10.9 Å². The third-order valence-electron chi connectivity index (χ3n) is 4.01. The van der Waals surface area contributed by atoms with Gasteiger partial charge in [-0.05, 0) is 51.6 Å². The molecule has 0 spiro atoms. The molecule has 0 aromatic rings. The van der Waals surface area contributed by atoms with E-state index in [2.05, 4.69) is 42.6 Å². The molecule has 0 aliphatic carbocycles. The molecule has 1 N–H and O–H groups in total. The summed E-state index contributed by atoms with van der Waals surface area (Å²) in [5, 5.41) is 3.41. The second-order valence-electron chi connectivity index (χ2n) is 6.00. The molecule has 1 aliphatic rings. The molecule has 1 atom stereocenters. The minimum Gasteiger partial charge on any atom is -0.357 e. The predicted molar refractivity (Wildman–Crippen MR) is 108 cm³/mol. The van der Waals surface area contributed by atoms with Crippen molar-refractivity contribution in [1.29, 1.82) is 0 Å². The van der Waals surface area contributed by atoms with Crippen molar-refractivity contribution in [1.82, 2.24) is 15.1 Å². The summed E-state index contributed by atoms with van der Waals surface area (Å²) < 4.78 is 0. The van der Waals surface area contributed by atoms with Gasteiger partial charge < -0.3 is 15.1 Å². The SMILES string of the molecule is C=CCCCN(C)C(=NCC1CCN(CCC)C1)NCC.I. The Labute approximate surface area is 154 Å².